The summed E-state index contributed by atoms with van der Waals surface area (Å²) in [6.45, 7) is 0. The first-order chi connectivity index (χ1) is 2.00. The van der Waals surface area contributed by atoms with E-state index in [0.29, 0.717) is 18.7 Å². The van der Waals surface area contributed by atoms with Gasteiger partial charge < -0.3 is 0 Å². The Hall–Kier alpha value is 0.812. The Morgan fingerprint density at radius 2 is 1.60 bits per heavy atom. The Labute approximate surface area is 39.4 Å². The molecule has 0 aliphatic carbocycles. The molecule has 0 aromatic carbocycles. The van der Waals surface area contributed by atoms with E-state index in [2.05, 4.69) is 0 Å². The Morgan fingerprint density at radius 3 is 1.60 bits per heavy atom. The van der Waals surface area contributed by atoms with Crippen molar-refractivity contribution in [2.75, 3.05) is 0 Å². The van der Waals surface area contributed by atoms with E-state index in [1.165, 1.54) is 0 Å². The van der Waals surface area contributed by atoms with Gasteiger partial charge in [0.05, 0.1) is 0 Å². The molecule has 5 heavy (non-hydrogen) atoms. The Bertz CT molecular complexity index is 53.0. The van der Waals surface area contributed by atoms with Crippen molar-refractivity contribution in [1.82, 2.24) is 0 Å². The monoisotopic (exact) mass is 268 g/mol. The molecule has 3 nitrogen and oxygen atoms in total. The molecule has 0 saturated heterocycles. The van der Waals surface area contributed by atoms with Crippen LogP contribution in [0.3, 0.4) is 0 Å². The van der Waals surface area contributed by atoms with Gasteiger partial charge in [-0.25, -0.2) is 0 Å². The zero-order chi connectivity index (χ0) is 4.50. The van der Waals surface area contributed by atoms with Crippen LogP contribution in [0.4, 0.5) is 0 Å². The van der Waals surface area contributed by atoms with Crippen LogP contribution >= 0.6 is 5.78 Å². The van der Waals surface area contributed by atoms with Crippen molar-refractivity contribution in [3.05, 3.63) is 0 Å². The van der Waals surface area contributed by atoms with Crippen LogP contribution in [0, 0.1) is 0 Å². The molecule has 0 radical (unpaired) electrons. The molecule has 2 N–H and O–H groups in total. The summed E-state index contributed by atoms with van der Waals surface area (Å²) in [7, 11) is 0. The Morgan fingerprint density at radius 1 is 1.60 bits per heavy atom. The van der Waals surface area contributed by atoms with Gasteiger partial charge in [-0.15, -0.1) is 0 Å². The fraction of sp³-hybridized carbons (Fsp3) is 0. The zero-order valence-electron chi connectivity index (χ0n) is 2.13. The molecule has 0 unspecified atom stereocenters. The van der Waals surface area contributed by atoms with Gasteiger partial charge in [-0.2, -0.15) is 0 Å². The molecule has 0 heterocycles. The average Bonchev–Trinajstić information content (AvgIpc) is 0.722. The summed E-state index contributed by atoms with van der Waals surface area (Å²) in [5, 5.41) is 0. The maximum atomic E-state index is 9.35. The van der Waals surface area contributed by atoms with E-state index in [0.717, 1.165) is 0 Å². The summed E-state index contributed by atoms with van der Waals surface area (Å²) in [5.74, 6) is -3.58. The fourth-order valence-electron chi connectivity index (χ4n) is 0. The molecule has 0 fully saturated rings. The van der Waals surface area contributed by atoms with Gasteiger partial charge in [0.15, 0.2) is 0 Å². The van der Waals surface area contributed by atoms with Gasteiger partial charge in [0.25, 0.3) is 0 Å². The van der Waals surface area contributed by atoms with E-state index in [1.807, 2.05) is 0 Å². The number of hydrogen-bond donors (Lipinski definition) is 2. The van der Waals surface area contributed by atoms with Crippen molar-refractivity contribution in [1.29, 1.82) is 0 Å². The molecule has 0 amide bonds. The van der Waals surface area contributed by atoms with E-state index >= 15 is 0 Å². The first-order valence-electron chi connectivity index (χ1n) is 0.752. The summed E-state index contributed by atoms with van der Waals surface area (Å²) in [5.41, 5.74) is 0. The number of hydrogen-bond acceptors (Lipinski definition) is 1. The Kier molecular flexibility index (Phi) is 1.75. The van der Waals surface area contributed by atoms with Crippen LogP contribution in [0.25, 0.3) is 0 Å². The quantitative estimate of drug-likeness (QED) is 0.589. The van der Waals surface area contributed by atoms with E-state index in [-0.39, 0.29) is 0 Å². The van der Waals surface area contributed by atoms with Crippen LogP contribution in [-0.4, -0.2) is 9.79 Å². The molecule has 0 spiro atoms. The molecule has 0 aromatic heterocycles. The van der Waals surface area contributed by atoms with E-state index in [1.54, 1.807) is 0 Å². The van der Waals surface area contributed by atoms with Crippen LogP contribution < -0.4 is 0 Å². The summed E-state index contributed by atoms with van der Waals surface area (Å²) in [4.78, 5) is 15.3. The third kappa shape index (κ3) is 57.7. The molecular formula is H2O3PRe. The predicted molar refractivity (Wildman–Crippen MR) is 12.0 cm³/mol. The second-order valence-corrected chi connectivity index (χ2v) is 6.17. The molecule has 0 rings (SSSR count). The summed E-state index contributed by atoms with van der Waals surface area (Å²) in [6, 6.07) is 0. The van der Waals surface area contributed by atoms with Crippen LogP contribution in [0.2, 0.25) is 0 Å². The van der Waals surface area contributed by atoms with Crippen LogP contribution in [0.15, 0.2) is 0 Å². The van der Waals surface area contributed by atoms with Gasteiger partial charge in [0.2, 0.25) is 0 Å². The van der Waals surface area contributed by atoms with Crippen molar-refractivity contribution in [2.24, 2.45) is 0 Å². The molecule has 0 bridgehead atoms. The second kappa shape index (κ2) is 1.51. The third-order valence-electron chi connectivity index (χ3n) is 0. The zero-order valence-corrected chi connectivity index (χ0v) is 5.74. The molecular weight excluding hydrogens is 265 g/mol. The van der Waals surface area contributed by atoms with Gasteiger partial charge in [-0.05, 0) is 0 Å². The molecule has 0 aromatic rings. The first-order valence-corrected chi connectivity index (χ1v) is 5.90. The summed E-state index contributed by atoms with van der Waals surface area (Å²) >= 11 is 0.502. The predicted octanol–water partition coefficient (Wildman–Crippen LogP) is -0.374. The standard InChI is InChI=1S/HO3P.Re/c1-4(2)3;/h(H-,1,2,3);/q;-1/p+1. The van der Waals surface area contributed by atoms with Crippen molar-refractivity contribution in [2.45, 2.75) is 0 Å². The molecule has 5 heteroatoms. The topological polar surface area (TPSA) is 57.5 Å². The van der Waals surface area contributed by atoms with Crippen molar-refractivity contribution >= 4 is 5.78 Å². The second-order valence-electron chi connectivity index (χ2n) is 0.473. The third-order valence-corrected chi connectivity index (χ3v) is 0. The average molecular weight is 267 g/mol. The van der Waals surface area contributed by atoms with Gasteiger partial charge in [-0.1, -0.05) is 0 Å². The SMILES string of the molecule is O=[P](O)(O)[Re]. The summed E-state index contributed by atoms with van der Waals surface area (Å²) < 4.78 is 9.35. The normalized spacial score (nSPS) is 11.8. The first kappa shape index (κ1) is 5.81. The van der Waals surface area contributed by atoms with Crippen molar-refractivity contribution < 1.29 is 33.1 Å². The van der Waals surface area contributed by atoms with Crippen LogP contribution in [-0.2, 0) is 23.3 Å². The van der Waals surface area contributed by atoms with E-state index < -0.39 is 5.78 Å². The van der Waals surface area contributed by atoms with Crippen molar-refractivity contribution in [3.63, 3.8) is 0 Å². The molecule has 0 aliphatic rings. The van der Waals surface area contributed by atoms with E-state index in [9.17, 15) is 4.57 Å². The summed E-state index contributed by atoms with van der Waals surface area (Å²) in [6.07, 6.45) is 0. The number of rotatable bonds is 0. The van der Waals surface area contributed by atoms with E-state index in [4.69, 9.17) is 9.79 Å². The molecule has 32 valence electrons. The molecule has 0 saturated carbocycles. The van der Waals surface area contributed by atoms with Gasteiger partial charge >= 0.3 is 38.8 Å². The van der Waals surface area contributed by atoms with Crippen molar-refractivity contribution in [3.8, 4) is 0 Å². The van der Waals surface area contributed by atoms with Crippen LogP contribution in [0.5, 0.6) is 0 Å². The van der Waals surface area contributed by atoms with Gasteiger partial charge in [-0.3, -0.25) is 0 Å². The Balaban J connectivity index is 3.47. The molecule has 0 atom stereocenters. The molecule has 0 aliphatic heterocycles. The van der Waals surface area contributed by atoms with Crippen LogP contribution in [0.1, 0.15) is 0 Å². The maximum absolute atomic E-state index is 9.35. The minimum atomic E-state index is -3.58. The van der Waals surface area contributed by atoms with Gasteiger partial charge in [0, 0.05) is 0 Å². The van der Waals surface area contributed by atoms with Gasteiger partial charge in [0.1, 0.15) is 0 Å². The minimum absolute atomic E-state index is 0.502. The fourth-order valence-corrected chi connectivity index (χ4v) is 0.